The van der Waals surface area contributed by atoms with E-state index in [9.17, 15) is 0 Å². The van der Waals surface area contributed by atoms with Crippen molar-refractivity contribution in [3.63, 3.8) is 0 Å². The zero-order valence-corrected chi connectivity index (χ0v) is 12.2. The molecule has 0 atom stereocenters. The molecule has 3 rings (SSSR count). The highest BCUT2D eigenvalue weighted by molar-refractivity contribution is 5.50. The lowest BCUT2D eigenvalue weighted by Gasteiger charge is -2.38. The Morgan fingerprint density at radius 3 is 2.43 bits per heavy atom. The van der Waals surface area contributed by atoms with E-state index in [-0.39, 0.29) is 0 Å². The van der Waals surface area contributed by atoms with Crippen LogP contribution in [0.1, 0.15) is 6.92 Å². The normalized spacial score (nSPS) is 16.3. The van der Waals surface area contributed by atoms with Crippen LogP contribution in [0.4, 0.5) is 11.6 Å². The molecule has 21 heavy (non-hydrogen) atoms. The summed E-state index contributed by atoms with van der Waals surface area (Å²) >= 11 is 0. The zero-order chi connectivity index (χ0) is 14.7. The van der Waals surface area contributed by atoms with E-state index in [4.69, 9.17) is 5.73 Å². The van der Waals surface area contributed by atoms with Crippen LogP contribution < -0.4 is 10.6 Å². The molecular weight excluding hydrogens is 264 g/mol. The molecule has 0 aliphatic carbocycles. The number of piperazine rings is 1. The van der Waals surface area contributed by atoms with Gasteiger partial charge in [-0.05, 0) is 25.1 Å². The summed E-state index contributed by atoms with van der Waals surface area (Å²) in [5.41, 5.74) is 7.13. The summed E-state index contributed by atoms with van der Waals surface area (Å²) in [6, 6.07) is 10.5. The number of allylic oxidation sites excluding steroid dienone is 1. The zero-order valence-electron chi connectivity index (χ0n) is 12.2. The molecule has 0 unspecified atom stereocenters. The molecule has 0 radical (unpaired) electrons. The van der Waals surface area contributed by atoms with Crippen molar-refractivity contribution in [3.05, 3.63) is 42.7 Å². The molecule has 2 N–H and O–H groups in total. The van der Waals surface area contributed by atoms with E-state index < -0.39 is 0 Å². The van der Waals surface area contributed by atoms with E-state index in [2.05, 4.69) is 44.1 Å². The monoisotopic (exact) mass is 284 g/mol. The van der Waals surface area contributed by atoms with Crippen LogP contribution in [-0.4, -0.2) is 45.8 Å². The molecule has 1 aliphatic rings. The van der Waals surface area contributed by atoms with Crippen LogP contribution in [0.5, 0.6) is 0 Å². The summed E-state index contributed by atoms with van der Waals surface area (Å²) in [4.78, 5) is 8.69. The first-order valence-electron chi connectivity index (χ1n) is 7.16. The van der Waals surface area contributed by atoms with Crippen LogP contribution in [0.25, 0.3) is 5.82 Å². The van der Waals surface area contributed by atoms with Crippen LogP contribution in [0.3, 0.4) is 0 Å². The SMILES string of the molecule is C/C=C(/N1CCN(c2ccccc2)CC1)n1ncnc1N. The highest BCUT2D eigenvalue weighted by atomic mass is 15.5. The molecule has 1 aliphatic heterocycles. The van der Waals surface area contributed by atoms with Gasteiger partial charge in [0.1, 0.15) is 12.1 Å². The molecule has 110 valence electrons. The lowest BCUT2D eigenvalue weighted by Crippen LogP contribution is -2.46. The Morgan fingerprint density at radius 2 is 1.86 bits per heavy atom. The molecule has 1 aromatic heterocycles. The number of aromatic nitrogens is 3. The summed E-state index contributed by atoms with van der Waals surface area (Å²) in [7, 11) is 0. The van der Waals surface area contributed by atoms with Crippen molar-refractivity contribution in [3.8, 4) is 0 Å². The van der Waals surface area contributed by atoms with Crippen LogP contribution in [0.2, 0.25) is 0 Å². The fourth-order valence-electron chi connectivity index (χ4n) is 2.70. The van der Waals surface area contributed by atoms with Crippen molar-refractivity contribution < 1.29 is 0 Å². The van der Waals surface area contributed by atoms with Crippen LogP contribution >= 0.6 is 0 Å². The first kappa shape index (κ1) is 13.5. The van der Waals surface area contributed by atoms with E-state index in [1.807, 2.05) is 19.1 Å². The number of hydrogen-bond acceptors (Lipinski definition) is 5. The minimum Gasteiger partial charge on any atom is -0.368 e. The summed E-state index contributed by atoms with van der Waals surface area (Å²) in [5.74, 6) is 1.42. The van der Waals surface area contributed by atoms with Gasteiger partial charge in [-0.3, -0.25) is 0 Å². The van der Waals surface area contributed by atoms with Gasteiger partial charge in [-0.25, -0.2) is 0 Å². The van der Waals surface area contributed by atoms with Gasteiger partial charge in [-0.2, -0.15) is 14.8 Å². The molecule has 0 amide bonds. The fourth-order valence-corrected chi connectivity index (χ4v) is 2.70. The largest absolute Gasteiger partial charge is 0.368 e. The van der Waals surface area contributed by atoms with Gasteiger partial charge < -0.3 is 15.5 Å². The molecule has 0 spiro atoms. The topological polar surface area (TPSA) is 63.2 Å². The standard InChI is InChI=1S/C15H20N6/c1-2-14(21-15(16)17-12-18-21)20-10-8-19(9-11-20)13-6-4-3-5-7-13/h2-7,12H,8-11H2,1H3,(H2,16,17,18)/b14-2-. The predicted octanol–water partition coefficient (Wildman–Crippen LogP) is 1.50. The highest BCUT2D eigenvalue weighted by Gasteiger charge is 2.20. The van der Waals surface area contributed by atoms with E-state index in [1.165, 1.54) is 12.0 Å². The average molecular weight is 284 g/mol. The number of rotatable bonds is 3. The number of nitrogens with two attached hydrogens (primary N) is 1. The summed E-state index contributed by atoms with van der Waals surface area (Å²) < 4.78 is 1.69. The molecule has 6 heteroatoms. The molecular formula is C15H20N6. The molecule has 1 fully saturated rings. The number of nitrogen functional groups attached to an aromatic ring is 1. The molecule has 0 saturated carbocycles. The quantitative estimate of drug-likeness (QED) is 0.925. The van der Waals surface area contributed by atoms with Gasteiger partial charge >= 0.3 is 0 Å². The molecule has 2 heterocycles. The van der Waals surface area contributed by atoms with E-state index in [0.29, 0.717) is 5.95 Å². The molecule has 2 aromatic rings. The third-order valence-corrected chi connectivity index (χ3v) is 3.77. The fraction of sp³-hybridized carbons (Fsp3) is 0.333. The number of hydrogen-bond donors (Lipinski definition) is 1. The first-order valence-corrected chi connectivity index (χ1v) is 7.16. The van der Waals surface area contributed by atoms with Gasteiger partial charge in [-0.15, -0.1) is 0 Å². The van der Waals surface area contributed by atoms with Gasteiger partial charge in [0.15, 0.2) is 0 Å². The predicted molar refractivity (Wildman–Crippen MR) is 84.6 cm³/mol. The van der Waals surface area contributed by atoms with Crippen LogP contribution in [0.15, 0.2) is 42.7 Å². The maximum atomic E-state index is 5.85. The Hall–Kier alpha value is -2.50. The van der Waals surface area contributed by atoms with E-state index >= 15 is 0 Å². The van der Waals surface area contributed by atoms with Gasteiger partial charge in [0, 0.05) is 31.9 Å². The summed E-state index contributed by atoms with van der Waals surface area (Å²) in [6.07, 6.45) is 3.52. The van der Waals surface area contributed by atoms with Crippen molar-refractivity contribution >= 4 is 17.5 Å². The van der Waals surface area contributed by atoms with Crippen LogP contribution in [-0.2, 0) is 0 Å². The Kier molecular flexibility index (Phi) is 3.77. The van der Waals surface area contributed by atoms with Crippen molar-refractivity contribution in [1.82, 2.24) is 19.7 Å². The van der Waals surface area contributed by atoms with Crippen molar-refractivity contribution in [2.45, 2.75) is 6.92 Å². The van der Waals surface area contributed by atoms with Crippen molar-refractivity contribution in [1.29, 1.82) is 0 Å². The van der Waals surface area contributed by atoms with Crippen LogP contribution in [0, 0.1) is 0 Å². The third kappa shape index (κ3) is 2.69. The van der Waals surface area contributed by atoms with Crippen molar-refractivity contribution in [2.24, 2.45) is 0 Å². The minimum absolute atomic E-state index is 0.425. The molecule has 1 aromatic carbocycles. The molecule has 0 bridgehead atoms. The Labute approximate surface area is 124 Å². The number of anilines is 2. The van der Waals surface area contributed by atoms with Gasteiger partial charge in [-0.1, -0.05) is 18.2 Å². The number of para-hydroxylation sites is 1. The summed E-state index contributed by atoms with van der Waals surface area (Å²) in [6.45, 7) is 5.84. The second-order valence-electron chi connectivity index (χ2n) is 4.99. The summed E-state index contributed by atoms with van der Waals surface area (Å²) in [5, 5.41) is 4.20. The maximum absolute atomic E-state index is 5.85. The first-order chi connectivity index (χ1) is 10.3. The highest BCUT2D eigenvalue weighted by Crippen LogP contribution is 2.20. The number of benzene rings is 1. The van der Waals surface area contributed by atoms with E-state index in [1.54, 1.807) is 4.68 Å². The lowest BCUT2D eigenvalue weighted by atomic mass is 10.2. The van der Waals surface area contributed by atoms with Gasteiger partial charge in [0.05, 0.1) is 0 Å². The minimum atomic E-state index is 0.425. The second-order valence-corrected chi connectivity index (χ2v) is 4.99. The Morgan fingerprint density at radius 1 is 1.14 bits per heavy atom. The average Bonchev–Trinajstić information content (AvgIpc) is 2.96. The van der Waals surface area contributed by atoms with Gasteiger partial charge in [0.25, 0.3) is 0 Å². The van der Waals surface area contributed by atoms with Crippen molar-refractivity contribution in [2.75, 3.05) is 36.8 Å². The molecule has 6 nitrogen and oxygen atoms in total. The molecule has 1 saturated heterocycles. The Balaban J connectivity index is 1.69. The maximum Gasteiger partial charge on any atom is 0.224 e. The number of nitrogens with zero attached hydrogens (tertiary/aromatic N) is 5. The van der Waals surface area contributed by atoms with E-state index in [0.717, 1.165) is 32.0 Å². The Bertz CT molecular complexity index is 610. The third-order valence-electron chi connectivity index (χ3n) is 3.77. The van der Waals surface area contributed by atoms with Gasteiger partial charge in [0.2, 0.25) is 5.95 Å². The smallest absolute Gasteiger partial charge is 0.224 e. The second kappa shape index (κ2) is 5.87. The lowest BCUT2D eigenvalue weighted by molar-refractivity contribution is 0.348.